The first kappa shape index (κ1) is 15.4. The van der Waals surface area contributed by atoms with Gasteiger partial charge in [-0.15, -0.1) is 0 Å². The van der Waals surface area contributed by atoms with E-state index in [2.05, 4.69) is 12.2 Å². The second-order valence-corrected chi connectivity index (χ2v) is 5.31. The van der Waals surface area contributed by atoms with Gasteiger partial charge >= 0.3 is 0 Å². The Morgan fingerprint density at radius 1 is 1.26 bits per heavy atom. The number of carbonyl (C=O) groups is 2. The number of nitrogens with one attached hydrogen (secondary N) is 1. The largest absolute Gasteiger partial charge is 0.454 e. The van der Waals surface area contributed by atoms with Gasteiger partial charge in [0.1, 0.15) is 5.70 Å². The fraction of sp³-hybridized carbons (Fsp3) is 0.375. The zero-order valence-electron chi connectivity index (χ0n) is 12.8. The number of fused-ring (bicyclic) bond motifs is 1. The second-order valence-electron chi connectivity index (χ2n) is 5.31. The molecule has 0 spiro atoms. The average Bonchev–Trinajstić information content (AvgIpc) is 3.08. The highest BCUT2D eigenvalue weighted by Gasteiger charge is 2.31. The highest BCUT2D eigenvalue weighted by molar-refractivity contribution is 6.17. The first-order chi connectivity index (χ1) is 11.1. The van der Waals surface area contributed by atoms with Gasteiger partial charge in [0.2, 0.25) is 6.79 Å². The van der Waals surface area contributed by atoms with Crippen molar-refractivity contribution >= 4 is 17.5 Å². The van der Waals surface area contributed by atoms with Gasteiger partial charge in [-0.25, -0.2) is 0 Å². The van der Waals surface area contributed by atoms with Gasteiger partial charge in [0, 0.05) is 17.8 Å². The maximum atomic E-state index is 12.2. The van der Waals surface area contributed by atoms with E-state index < -0.39 is 11.8 Å². The number of β-amino-alcohol motifs (C(OH)–C–C–N with tert-alkyl or cyclic N) is 1. The number of hydrogen-bond donors (Lipinski definition) is 2. The highest BCUT2D eigenvalue weighted by Crippen LogP contribution is 2.38. The third-order valence-electron chi connectivity index (χ3n) is 3.72. The number of hydrogen-bond acceptors (Lipinski definition) is 6. The Hall–Kier alpha value is -2.54. The summed E-state index contributed by atoms with van der Waals surface area (Å²) in [5.74, 6) is 0.425. The van der Waals surface area contributed by atoms with Crippen LogP contribution in [-0.2, 0) is 16.0 Å². The van der Waals surface area contributed by atoms with E-state index in [0.29, 0.717) is 17.2 Å². The topological polar surface area (TPSA) is 88.1 Å². The summed E-state index contributed by atoms with van der Waals surface area (Å²) in [5, 5.41) is 12.0. The standard InChI is InChI=1S/C16H18N2O5/c1-2-3-10-6-13-14(23-9-22-13)7-11(10)17-12-8-15(20)18(4-5-19)16(12)21/h6-8,17,19H,2-5,9H2,1H3. The summed E-state index contributed by atoms with van der Waals surface area (Å²) in [6.45, 7) is 1.96. The highest BCUT2D eigenvalue weighted by atomic mass is 16.7. The summed E-state index contributed by atoms with van der Waals surface area (Å²) in [6, 6.07) is 3.67. The van der Waals surface area contributed by atoms with Crippen molar-refractivity contribution in [3.63, 3.8) is 0 Å². The van der Waals surface area contributed by atoms with E-state index in [1.807, 2.05) is 6.07 Å². The number of carbonyl (C=O) groups excluding carboxylic acids is 2. The molecule has 0 aromatic heterocycles. The second kappa shape index (κ2) is 6.29. The van der Waals surface area contributed by atoms with E-state index in [0.717, 1.165) is 23.3 Å². The lowest BCUT2D eigenvalue weighted by molar-refractivity contribution is -0.137. The van der Waals surface area contributed by atoms with Crippen LogP contribution in [0.3, 0.4) is 0 Å². The molecule has 0 unspecified atom stereocenters. The predicted octanol–water partition coefficient (Wildman–Crippen LogP) is 1.02. The Balaban J connectivity index is 1.87. The molecule has 2 N–H and O–H groups in total. The number of anilines is 1. The van der Waals surface area contributed by atoms with Crippen LogP contribution in [0.1, 0.15) is 18.9 Å². The van der Waals surface area contributed by atoms with Crippen molar-refractivity contribution in [3.8, 4) is 11.5 Å². The molecule has 2 aliphatic rings. The molecule has 1 aromatic carbocycles. The third-order valence-corrected chi connectivity index (χ3v) is 3.72. The normalized spacial score (nSPS) is 16.1. The molecule has 7 nitrogen and oxygen atoms in total. The molecule has 0 atom stereocenters. The molecule has 23 heavy (non-hydrogen) atoms. The molecule has 2 heterocycles. The van der Waals surface area contributed by atoms with Gasteiger partial charge in [0.25, 0.3) is 11.8 Å². The first-order valence-electron chi connectivity index (χ1n) is 7.52. The van der Waals surface area contributed by atoms with E-state index in [1.54, 1.807) is 6.07 Å². The zero-order chi connectivity index (χ0) is 16.4. The number of ether oxygens (including phenoxy) is 2. The molecule has 7 heteroatoms. The summed E-state index contributed by atoms with van der Waals surface area (Å²) in [7, 11) is 0. The van der Waals surface area contributed by atoms with E-state index >= 15 is 0 Å². The van der Waals surface area contributed by atoms with Crippen molar-refractivity contribution in [1.29, 1.82) is 0 Å². The minimum atomic E-state index is -0.441. The lowest BCUT2D eigenvalue weighted by Gasteiger charge is -2.15. The van der Waals surface area contributed by atoms with E-state index in [1.165, 1.54) is 6.08 Å². The molecule has 0 aliphatic carbocycles. The summed E-state index contributed by atoms with van der Waals surface area (Å²) in [5.41, 5.74) is 1.90. The van der Waals surface area contributed by atoms with E-state index in [4.69, 9.17) is 14.6 Å². The monoisotopic (exact) mass is 318 g/mol. The van der Waals surface area contributed by atoms with Crippen LogP contribution in [0.5, 0.6) is 11.5 Å². The number of aliphatic hydroxyl groups is 1. The van der Waals surface area contributed by atoms with Gasteiger partial charge in [-0.05, 0) is 18.1 Å². The number of imide groups is 1. The lowest BCUT2D eigenvalue weighted by atomic mass is 10.1. The van der Waals surface area contributed by atoms with Crippen molar-refractivity contribution in [3.05, 3.63) is 29.5 Å². The smallest absolute Gasteiger partial charge is 0.277 e. The quantitative estimate of drug-likeness (QED) is 0.762. The van der Waals surface area contributed by atoms with Gasteiger partial charge in [-0.2, -0.15) is 0 Å². The van der Waals surface area contributed by atoms with Crippen molar-refractivity contribution < 1.29 is 24.2 Å². The maximum absolute atomic E-state index is 12.2. The Labute approximate surface area is 133 Å². The van der Waals surface area contributed by atoms with Crippen LogP contribution in [0.2, 0.25) is 0 Å². The van der Waals surface area contributed by atoms with Crippen LogP contribution in [0.4, 0.5) is 5.69 Å². The minimum absolute atomic E-state index is 0.0116. The average molecular weight is 318 g/mol. The lowest BCUT2D eigenvalue weighted by Crippen LogP contribution is -2.34. The number of amides is 2. The molecule has 1 aromatic rings. The Kier molecular flexibility index (Phi) is 4.20. The maximum Gasteiger partial charge on any atom is 0.277 e. The first-order valence-corrected chi connectivity index (χ1v) is 7.52. The molecular weight excluding hydrogens is 300 g/mol. The van der Waals surface area contributed by atoms with Crippen molar-refractivity contribution in [1.82, 2.24) is 4.90 Å². The van der Waals surface area contributed by atoms with Gasteiger partial charge in [0.05, 0.1) is 13.2 Å². The van der Waals surface area contributed by atoms with Gasteiger partial charge in [-0.1, -0.05) is 13.3 Å². The van der Waals surface area contributed by atoms with Crippen molar-refractivity contribution in [2.24, 2.45) is 0 Å². The molecule has 0 bridgehead atoms. The third kappa shape index (κ3) is 2.87. The molecule has 2 amide bonds. The molecular formula is C16H18N2O5. The molecule has 0 saturated carbocycles. The zero-order valence-corrected chi connectivity index (χ0v) is 12.8. The fourth-order valence-corrected chi connectivity index (χ4v) is 2.63. The van der Waals surface area contributed by atoms with Crippen LogP contribution in [-0.4, -0.2) is 41.8 Å². The van der Waals surface area contributed by atoms with Crippen LogP contribution in [0, 0.1) is 0 Å². The number of nitrogens with zero attached hydrogens (tertiary/aromatic N) is 1. The molecule has 122 valence electrons. The van der Waals surface area contributed by atoms with Crippen LogP contribution >= 0.6 is 0 Å². The van der Waals surface area contributed by atoms with Crippen LogP contribution in [0.25, 0.3) is 0 Å². The van der Waals surface area contributed by atoms with Crippen molar-refractivity contribution in [2.75, 3.05) is 25.3 Å². The number of aryl methyl sites for hydroxylation is 1. The van der Waals surface area contributed by atoms with Crippen molar-refractivity contribution in [2.45, 2.75) is 19.8 Å². The van der Waals surface area contributed by atoms with Crippen LogP contribution < -0.4 is 14.8 Å². The Bertz CT molecular complexity index is 683. The Morgan fingerprint density at radius 2 is 2.00 bits per heavy atom. The summed E-state index contributed by atoms with van der Waals surface area (Å²) in [4.78, 5) is 25.0. The summed E-state index contributed by atoms with van der Waals surface area (Å²) in [6.07, 6.45) is 2.98. The minimum Gasteiger partial charge on any atom is -0.454 e. The number of benzene rings is 1. The summed E-state index contributed by atoms with van der Waals surface area (Å²) < 4.78 is 10.7. The predicted molar refractivity (Wildman–Crippen MR) is 82.1 cm³/mol. The van der Waals surface area contributed by atoms with Gasteiger partial charge < -0.3 is 19.9 Å². The van der Waals surface area contributed by atoms with Crippen LogP contribution in [0.15, 0.2) is 23.9 Å². The molecule has 0 saturated heterocycles. The summed E-state index contributed by atoms with van der Waals surface area (Å²) >= 11 is 0. The van der Waals surface area contributed by atoms with Gasteiger partial charge in [-0.3, -0.25) is 14.5 Å². The SMILES string of the molecule is CCCc1cc2c(cc1NC1=CC(=O)N(CCO)C1=O)OCO2. The Morgan fingerprint density at radius 3 is 2.70 bits per heavy atom. The van der Waals surface area contributed by atoms with E-state index in [9.17, 15) is 9.59 Å². The van der Waals surface area contributed by atoms with Gasteiger partial charge in [0.15, 0.2) is 11.5 Å². The molecule has 3 rings (SSSR count). The number of rotatable bonds is 6. The molecule has 2 aliphatic heterocycles. The molecule has 0 radical (unpaired) electrons. The van der Waals surface area contributed by atoms with E-state index in [-0.39, 0.29) is 25.6 Å². The number of aliphatic hydroxyl groups excluding tert-OH is 1. The molecule has 0 fully saturated rings. The fourth-order valence-electron chi connectivity index (χ4n) is 2.63.